The zero-order valence-electron chi connectivity index (χ0n) is 7.37. The molecular formula is C10H4ClFN2S. The van der Waals surface area contributed by atoms with Crippen molar-refractivity contribution in [3.63, 3.8) is 0 Å². The molecule has 2 aromatic rings. The molecule has 0 aliphatic heterocycles. The SMILES string of the molecule is N#Cc1nc(Cl)sc1-c1ccc(F)cc1. The van der Waals surface area contributed by atoms with E-state index in [2.05, 4.69) is 4.98 Å². The quantitative estimate of drug-likeness (QED) is 0.763. The maximum absolute atomic E-state index is 12.7. The summed E-state index contributed by atoms with van der Waals surface area (Å²) in [6.07, 6.45) is 0. The molecule has 0 aliphatic carbocycles. The second kappa shape index (κ2) is 3.97. The van der Waals surface area contributed by atoms with Crippen molar-refractivity contribution in [2.24, 2.45) is 0 Å². The fourth-order valence-electron chi connectivity index (χ4n) is 1.17. The molecule has 74 valence electrons. The highest BCUT2D eigenvalue weighted by Crippen LogP contribution is 2.32. The Morgan fingerprint density at radius 1 is 1.33 bits per heavy atom. The molecule has 1 aromatic heterocycles. The first-order valence-corrected chi connectivity index (χ1v) is 5.22. The summed E-state index contributed by atoms with van der Waals surface area (Å²) < 4.78 is 13.0. The molecule has 1 heterocycles. The van der Waals surface area contributed by atoms with Crippen molar-refractivity contribution in [2.75, 3.05) is 0 Å². The van der Waals surface area contributed by atoms with Gasteiger partial charge < -0.3 is 0 Å². The minimum absolute atomic E-state index is 0.275. The third kappa shape index (κ3) is 1.99. The number of nitrogens with zero attached hydrogens (tertiary/aromatic N) is 2. The van der Waals surface area contributed by atoms with E-state index in [4.69, 9.17) is 16.9 Å². The molecule has 0 radical (unpaired) electrons. The van der Waals surface area contributed by atoms with Crippen LogP contribution in [0.15, 0.2) is 24.3 Å². The zero-order valence-corrected chi connectivity index (χ0v) is 8.94. The Morgan fingerprint density at radius 3 is 2.60 bits per heavy atom. The highest BCUT2D eigenvalue weighted by Gasteiger charge is 2.11. The number of halogens is 2. The van der Waals surface area contributed by atoms with Gasteiger partial charge in [-0.05, 0) is 17.7 Å². The van der Waals surface area contributed by atoms with Crippen LogP contribution >= 0.6 is 22.9 Å². The molecule has 0 unspecified atom stereocenters. The Kier molecular flexibility index (Phi) is 2.67. The second-order valence-corrected chi connectivity index (χ2v) is 4.34. The van der Waals surface area contributed by atoms with Crippen LogP contribution in [-0.2, 0) is 0 Å². The lowest BCUT2D eigenvalue weighted by molar-refractivity contribution is 0.628. The molecule has 0 aliphatic rings. The van der Waals surface area contributed by atoms with E-state index < -0.39 is 0 Å². The van der Waals surface area contributed by atoms with Crippen LogP contribution < -0.4 is 0 Å². The van der Waals surface area contributed by atoms with Crippen LogP contribution in [0.1, 0.15) is 5.69 Å². The van der Waals surface area contributed by atoms with Gasteiger partial charge in [-0.2, -0.15) is 5.26 Å². The van der Waals surface area contributed by atoms with Crippen molar-refractivity contribution >= 4 is 22.9 Å². The lowest BCUT2D eigenvalue weighted by Crippen LogP contribution is -1.80. The third-order valence-corrected chi connectivity index (χ3v) is 3.02. The largest absolute Gasteiger partial charge is 0.213 e. The fraction of sp³-hybridized carbons (Fsp3) is 0. The van der Waals surface area contributed by atoms with Crippen molar-refractivity contribution in [1.82, 2.24) is 4.98 Å². The Hall–Kier alpha value is -1.44. The van der Waals surface area contributed by atoms with Gasteiger partial charge in [0.25, 0.3) is 0 Å². The number of rotatable bonds is 1. The van der Waals surface area contributed by atoms with Gasteiger partial charge in [-0.15, -0.1) is 11.3 Å². The number of hydrogen-bond acceptors (Lipinski definition) is 3. The average Bonchev–Trinajstić information content (AvgIpc) is 2.61. The van der Waals surface area contributed by atoms with Gasteiger partial charge in [0.2, 0.25) is 0 Å². The van der Waals surface area contributed by atoms with E-state index in [-0.39, 0.29) is 11.5 Å². The summed E-state index contributed by atoms with van der Waals surface area (Å²) in [6.45, 7) is 0. The van der Waals surface area contributed by atoms with Crippen LogP contribution in [-0.4, -0.2) is 4.98 Å². The van der Waals surface area contributed by atoms with Gasteiger partial charge in [0.1, 0.15) is 11.9 Å². The molecule has 15 heavy (non-hydrogen) atoms. The van der Waals surface area contributed by atoms with Gasteiger partial charge in [0.05, 0.1) is 4.88 Å². The van der Waals surface area contributed by atoms with Crippen LogP contribution in [0.5, 0.6) is 0 Å². The van der Waals surface area contributed by atoms with Crippen molar-refractivity contribution in [2.45, 2.75) is 0 Å². The lowest BCUT2D eigenvalue weighted by atomic mass is 10.1. The Morgan fingerprint density at radius 2 is 2.00 bits per heavy atom. The molecular weight excluding hydrogens is 235 g/mol. The monoisotopic (exact) mass is 238 g/mol. The number of thiazole rings is 1. The van der Waals surface area contributed by atoms with Crippen molar-refractivity contribution in [1.29, 1.82) is 5.26 Å². The molecule has 0 bridgehead atoms. The van der Waals surface area contributed by atoms with E-state index in [9.17, 15) is 4.39 Å². The first-order valence-electron chi connectivity index (χ1n) is 4.03. The minimum atomic E-state index is -0.312. The molecule has 1 aromatic carbocycles. The number of aromatic nitrogens is 1. The molecule has 0 N–H and O–H groups in total. The maximum atomic E-state index is 12.7. The molecule has 0 fully saturated rings. The summed E-state index contributed by atoms with van der Waals surface area (Å²) in [5.74, 6) is -0.312. The summed E-state index contributed by atoms with van der Waals surface area (Å²) in [6, 6.07) is 7.82. The van der Waals surface area contributed by atoms with Gasteiger partial charge in [0, 0.05) is 0 Å². The summed E-state index contributed by atoms with van der Waals surface area (Å²) in [5, 5.41) is 8.81. The van der Waals surface area contributed by atoms with E-state index in [1.807, 2.05) is 6.07 Å². The molecule has 0 saturated carbocycles. The minimum Gasteiger partial charge on any atom is -0.213 e. The molecule has 0 spiro atoms. The van der Waals surface area contributed by atoms with Crippen LogP contribution in [0, 0.1) is 17.1 Å². The highest BCUT2D eigenvalue weighted by atomic mass is 35.5. The number of benzene rings is 1. The van der Waals surface area contributed by atoms with Crippen molar-refractivity contribution in [3.8, 4) is 16.5 Å². The number of hydrogen-bond donors (Lipinski definition) is 0. The molecule has 0 atom stereocenters. The van der Waals surface area contributed by atoms with Crippen LogP contribution in [0.3, 0.4) is 0 Å². The Balaban J connectivity index is 2.54. The molecule has 0 saturated heterocycles. The smallest absolute Gasteiger partial charge is 0.185 e. The Bertz CT molecular complexity index is 527. The van der Waals surface area contributed by atoms with Gasteiger partial charge in [-0.25, -0.2) is 9.37 Å². The van der Waals surface area contributed by atoms with Crippen molar-refractivity contribution < 1.29 is 4.39 Å². The molecule has 5 heteroatoms. The standard InChI is InChI=1S/C10H4ClFN2S/c11-10-14-8(5-13)9(15-10)6-1-3-7(12)4-2-6/h1-4H. The second-order valence-electron chi connectivity index (χ2n) is 2.76. The maximum Gasteiger partial charge on any atom is 0.185 e. The summed E-state index contributed by atoms with van der Waals surface area (Å²) >= 11 is 6.91. The van der Waals surface area contributed by atoms with Gasteiger partial charge in [-0.3, -0.25) is 0 Å². The van der Waals surface area contributed by atoms with Crippen LogP contribution in [0.2, 0.25) is 4.47 Å². The lowest BCUT2D eigenvalue weighted by Gasteiger charge is -1.96. The van der Waals surface area contributed by atoms with E-state index in [0.717, 1.165) is 5.56 Å². The molecule has 2 rings (SSSR count). The fourth-order valence-corrected chi connectivity index (χ4v) is 2.23. The van der Waals surface area contributed by atoms with Gasteiger partial charge >= 0.3 is 0 Å². The summed E-state index contributed by atoms with van der Waals surface area (Å²) in [5.41, 5.74) is 1.02. The molecule has 2 nitrogen and oxygen atoms in total. The topological polar surface area (TPSA) is 36.7 Å². The van der Waals surface area contributed by atoms with Crippen LogP contribution in [0.25, 0.3) is 10.4 Å². The normalized spacial score (nSPS) is 9.93. The van der Waals surface area contributed by atoms with E-state index >= 15 is 0 Å². The summed E-state index contributed by atoms with van der Waals surface area (Å²) in [7, 11) is 0. The van der Waals surface area contributed by atoms with Crippen molar-refractivity contribution in [3.05, 3.63) is 40.2 Å². The van der Waals surface area contributed by atoms with E-state index in [0.29, 0.717) is 9.34 Å². The first kappa shape index (κ1) is 10.1. The third-order valence-electron chi connectivity index (χ3n) is 1.81. The molecule has 0 amide bonds. The highest BCUT2D eigenvalue weighted by molar-refractivity contribution is 7.19. The number of nitriles is 1. The van der Waals surface area contributed by atoms with Gasteiger partial charge in [0.15, 0.2) is 10.2 Å². The van der Waals surface area contributed by atoms with Crippen LogP contribution in [0.4, 0.5) is 4.39 Å². The zero-order chi connectivity index (χ0) is 10.8. The summed E-state index contributed by atoms with van der Waals surface area (Å²) in [4.78, 5) is 4.53. The predicted molar refractivity (Wildman–Crippen MR) is 57.2 cm³/mol. The van der Waals surface area contributed by atoms with Gasteiger partial charge in [-0.1, -0.05) is 23.7 Å². The average molecular weight is 239 g/mol. The first-order chi connectivity index (χ1) is 7.20. The van der Waals surface area contributed by atoms with E-state index in [1.54, 1.807) is 12.1 Å². The van der Waals surface area contributed by atoms with E-state index in [1.165, 1.54) is 23.5 Å². The Labute approximate surface area is 94.6 Å². The predicted octanol–water partition coefficient (Wildman–Crippen LogP) is 3.47.